The van der Waals surface area contributed by atoms with E-state index in [1.54, 1.807) is 21.3 Å². The number of hydrogen-bond acceptors (Lipinski definition) is 5. The van der Waals surface area contributed by atoms with Crippen molar-refractivity contribution >= 4 is 45.4 Å². The van der Waals surface area contributed by atoms with E-state index < -0.39 is 6.89 Å². The second kappa shape index (κ2) is 10.6. The van der Waals surface area contributed by atoms with Gasteiger partial charge in [-0.05, 0) is 78.3 Å². The highest BCUT2D eigenvalue weighted by molar-refractivity contribution is 7.97. The molecule has 1 aliphatic rings. The minimum atomic E-state index is -2.73. The lowest BCUT2D eigenvalue weighted by molar-refractivity contribution is -0.112. The summed E-state index contributed by atoms with van der Waals surface area (Å²) in [5.41, 5.74) is 1.42. The van der Waals surface area contributed by atoms with Gasteiger partial charge in [-0.2, -0.15) is 10.1 Å². The topological polar surface area (TPSA) is 60.4 Å². The van der Waals surface area contributed by atoms with Crippen molar-refractivity contribution in [1.29, 1.82) is 0 Å². The molecule has 0 atom stereocenters. The smallest absolute Gasteiger partial charge is 0.281 e. The van der Waals surface area contributed by atoms with Gasteiger partial charge in [-0.1, -0.05) is 54.6 Å². The standard InChI is InChI=1S/C31H29N2O4P/c1-22-30(31(34)33(32-22)23-8-6-5-7-9-23)38(27-16-10-24(35-2)11-17-27,28-18-12-25(36-3)13-19-28)29-20-14-26(37-4)15-21-29/h5-21H,1-4H3. The summed E-state index contributed by atoms with van der Waals surface area (Å²) in [5, 5.41) is 10.0. The molecule has 0 spiro atoms. The fourth-order valence-electron chi connectivity index (χ4n) is 4.88. The first-order valence-electron chi connectivity index (χ1n) is 12.2. The number of nitrogens with zero attached hydrogens (tertiary/aromatic N) is 2. The largest absolute Gasteiger partial charge is 0.497 e. The van der Waals surface area contributed by atoms with Crippen molar-refractivity contribution in [3.8, 4) is 17.2 Å². The first-order chi connectivity index (χ1) is 18.5. The average Bonchev–Trinajstić information content (AvgIpc) is 3.28. The van der Waals surface area contributed by atoms with Crippen LogP contribution in [0.4, 0.5) is 5.69 Å². The molecule has 5 rings (SSSR count). The third-order valence-corrected chi connectivity index (χ3v) is 11.1. The van der Waals surface area contributed by atoms with E-state index in [2.05, 4.69) is 36.4 Å². The fraction of sp³-hybridized carbons (Fsp3) is 0.129. The van der Waals surface area contributed by atoms with Crippen molar-refractivity contribution in [2.45, 2.75) is 6.92 Å². The first kappa shape index (κ1) is 25.4. The number of hydrogen-bond donors (Lipinski definition) is 0. The number of anilines is 1. The molecule has 0 radical (unpaired) electrons. The number of rotatable bonds is 7. The first-order valence-corrected chi connectivity index (χ1v) is 14.0. The monoisotopic (exact) mass is 524 g/mol. The predicted octanol–water partition coefficient (Wildman–Crippen LogP) is 4.60. The van der Waals surface area contributed by atoms with E-state index >= 15 is 0 Å². The molecular formula is C31H29N2O4P. The van der Waals surface area contributed by atoms with Crippen LogP contribution in [0.1, 0.15) is 6.92 Å². The molecule has 6 nitrogen and oxygen atoms in total. The molecule has 0 aliphatic carbocycles. The molecule has 0 bridgehead atoms. The van der Waals surface area contributed by atoms with E-state index in [4.69, 9.17) is 19.3 Å². The summed E-state index contributed by atoms with van der Waals surface area (Å²) >= 11 is 0. The Morgan fingerprint density at radius 1 is 0.605 bits per heavy atom. The van der Waals surface area contributed by atoms with Crippen LogP contribution in [-0.4, -0.2) is 38.2 Å². The van der Waals surface area contributed by atoms with E-state index in [1.807, 2.05) is 73.7 Å². The van der Waals surface area contributed by atoms with Gasteiger partial charge in [0.15, 0.2) is 0 Å². The van der Waals surface area contributed by atoms with Crippen LogP contribution in [0, 0.1) is 0 Å². The molecule has 0 N–H and O–H groups in total. The molecule has 1 aliphatic heterocycles. The number of para-hydroxylation sites is 1. The molecule has 1 amide bonds. The summed E-state index contributed by atoms with van der Waals surface area (Å²) in [4.78, 5) is 14.4. The number of benzene rings is 4. The Morgan fingerprint density at radius 2 is 1.00 bits per heavy atom. The summed E-state index contributed by atoms with van der Waals surface area (Å²) < 4.78 is 16.4. The average molecular weight is 525 g/mol. The van der Waals surface area contributed by atoms with Crippen LogP contribution in [-0.2, 0) is 4.79 Å². The summed E-state index contributed by atoms with van der Waals surface area (Å²) in [6, 6.07) is 33.5. The Labute approximate surface area is 223 Å². The van der Waals surface area contributed by atoms with E-state index in [-0.39, 0.29) is 5.91 Å². The van der Waals surface area contributed by atoms with Gasteiger partial charge in [0.2, 0.25) is 0 Å². The van der Waals surface area contributed by atoms with Crippen molar-refractivity contribution in [3.05, 3.63) is 103 Å². The summed E-state index contributed by atoms with van der Waals surface area (Å²) in [5.74, 6) is 2.10. The lowest BCUT2D eigenvalue weighted by Gasteiger charge is -2.31. The van der Waals surface area contributed by atoms with Gasteiger partial charge in [-0.3, -0.25) is 4.79 Å². The van der Waals surface area contributed by atoms with Gasteiger partial charge in [-0.15, -0.1) is 0 Å². The molecular weight excluding hydrogens is 495 g/mol. The lowest BCUT2D eigenvalue weighted by Crippen LogP contribution is -2.37. The van der Waals surface area contributed by atoms with Gasteiger partial charge >= 0.3 is 0 Å². The van der Waals surface area contributed by atoms with E-state index in [9.17, 15) is 4.79 Å². The van der Waals surface area contributed by atoms with E-state index in [0.29, 0.717) is 11.0 Å². The second-order valence-electron chi connectivity index (χ2n) is 8.75. The Morgan fingerprint density at radius 3 is 1.37 bits per heavy atom. The minimum absolute atomic E-state index is 0.135. The highest BCUT2D eigenvalue weighted by Gasteiger charge is 2.40. The summed E-state index contributed by atoms with van der Waals surface area (Å²) in [6.45, 7) is -0.816. The molecule has 4 aromatic rings. The maximum absolute atomic E-state index is 14.4. The number of ether oxygens (including phenoxy) is 3. The van der Waals surface area contributed by atoms with Gasteiger partial charge in [0.05, 0.1) is 38.0 Å². The quantitative estimate of drug-likeness (QED) is 0.332. The summed E-state index contributed by atoms with van der Waals surface area (Å²) in [7, 11) is 4.94. The van der Waals surface area contributed by atoms with Crippen LogP contribution >= 0.6 is 6.89 Å². The number of hydrazone groups is 1. The molecule has 0 aromatic heterocycles. The third-order valence-electron chi connectivity index (χ3n) is 6.70. The van der Waals surface area contributed by atoms with Gasteiger partial charge < -0.3 is 14.2 Å². The number of amides is 1. The van der Waals surface area contributed by atoms with Crippen molar-refractivity contribution in [1.82, 2.24) is 0 Å². The molecule has 7 heteroatoms. The minimum Gasteiger partial charge on any atom is -0.497 e. The molecule has 4 aromatic carbocycles. The third kappa shape index (κ3) is 4.27. The lowest BCUT2D eigenvalue weighted by atomic mass is 10.3. The number of carbonyl (C=O) groups is 1. The Bertz CT molecular complexity index is 1410. The molecule has 0 fully saturated rings. The molecule has 1 heterocycles. The zero-order valence-corrected chi connectivity index (χ0v) is 22.7. The molecule has 192 valence electrons. The highest BCUT2D eigenvalue weighted by Crippen LogP contribution is 2.49. The Kier molecular flexibility index (Phi) is 7.08. The van der Waals surface area contributed by atoms with Crippen molar-refractivity contribution in [3.63, 3.8) is 0 Å². The van der Waals surface area contributed by atoms with Crippen LogP contribution in [0.25, 0.3) is 0 Å². The van der Waals surface area contributed by atoms with Gasteiger partial charge in [-0.25, -0.2) is 0 Å². The van der Waals surface area contributed by atoms with E-state index in [0.717, 1.165) is 38.8 Å². The molecule has 0 unspecified atom stereocenters. The Hall–Kier alpha value is -4.28. The van der Waals surface area contributed by atoms with Crippen LogP contribution < -0.4 is 35.1 Å². The van der Waals surface area contributed by atoms with Gasteiger partial charge in [0.25, 0.3) is 5.91 Å². The van der Waals surface area contributed by atoms with Crippen LogP contribution in [0.2, 0.25) is 0 Å². The van der Waals surface area contributed by atoms with E-state index in [1.165, 1.54) is 5.01 Å². The highest BCUT2D eigenvalue weighted by atomic mass is 31.2. The SMILES string of the molecule is COc1ccc(P(=C2C(=O)N(c3ccccc3)N=C2C)(c2ccc(OC)cc2)c2ccc(OC)cc2)cc1. The Balaban J connectivity index is 1.91. The zero-order valence-electron chi connectivity index (χ0n) is 21.8. The van der Waals surface area contributed by atoms with Gasteiger partial charge in [0.1, 0.15) is 17.2 Å². The molecule has 38 heavy (non-hydrogen) atoms. The van der Waals surface area contributed by atoms with Crippen LogP contribution in [0.5, 0.6) is 17.2 Å². The maximum Gasteiger partial charge on any atom is 0.281 e. The fourth-order valence-corrected chi connectivity index (χ4v) is 9.25. The van der Waals surface area contributed by atoms with Crippen molar-refractivity contribution < 1.29 is 19.0 Å². The predicted molar refractivity (Wildman–Crippen MR) is 157 cm³/mol. The van der Waals surface area contributed by atoms with Crippen LogP contribution in [0.3, 0.4) is 0 Å². The normalized spacial score (nSPS) is 13.4. The number of carbonyl (C=O) groups excluding carboxylic acids is 1. The second-order valence-corrected chi connectivity index (χ2v) is 12.1. The molecule has 0 saturated heterocycles. The summed E-state index contributed by atoms with van der Waals surface area (Å²) in [6.07, 6.45) is 0. The number of methoxy groups -OCH3 is 3. The molecule has 0 saturated carbocycles. The van der Waals surface area contributed by atoms with Crippen LogP contribution in [0.15, 0.2) is 108 Å². The van der Waals surface area contributed by atoms with Crippen molar-refractivity contribution in [2.24, 2.45) is 5.10 Å². The van der Waals surface area contributed by atoms with Gasteiger partial charge in [0, 0.05) is 0 Å². The van der Waals surface area contributed by atoms with Crippen molar-refractivity contribution in [2.75, 3.05) is 26.3 Å². The zero-order chi connectivity index (χ0) is 26.7. The maximum atomic E-state index is 14.4.